The van der Waals surface area contributed by atoms with Gasteiger partial charge in [0, 0.05) is 11.1 Å². The molecule has 0 saturated heterocycles. The zero-order valence-electron chi connectivity index (χ0n) is 15.0. The molecule has 0 atom stereocenters. The van der Waals surface area contributed by atoms with E-state index in [9.17, 15) is 4.79 Å². The van der Waals surface area contributed by atoms with Crippen LogP contribution in [0.25, 0.3) is 11.5 Å². The van der Waals surface area contributed by atoms with Gasteiger partial charge in [-0.3, -0.25) is 10.1 Å². The van der Waals surface area contributed by atoms with Gasteiger partial charge in [0.05, 0.1) is 0 Å². The minimum absolute atomic E-state index is 0.114. The number of amides is 1. The number of hydrogen-bond acceptors (Lipinski definition) is 4. The van der Waals surface area contributed by atoms with Crippen molar-refractivity contribution < 1.29 is 9.21 Å². The molecule has 5 nitrogen and oxygen atoms in total. The Morgan fingerprint density at radius 3 is 2.62 bits per heavy atom. The normalized spacial score (nSPS) is 13.3. The van der Waals surface area contributed by atoms with E-state index in [2.05, 4.69) is 27.6 Å². The van der Waals surface area contributed by atoms with Crippen LogP contribution in [0.4, 0.5) is 6.01 Å². The Kier molecular flexibility index (Phi) is 4.29. The molecule has 0 aliphatic heterocycles. The molecule has 0 bridgehead atoms. The maximum atomic E-state index is 12.5. The van der Waals surface area contributed by atoms with Crippen molar-refractivity contribution in [3.05, 3.63) is 64.2 Å². The average Bonchev–Trinajstić information content (AvgIpc) is 3.09. The highest BCUT2D eigenvalue weighted by Crippen LogP contribution is 2.25. The van der Waals surface area contributed by atoms with Crippen molar-refractivity contribution in [2.75, 3.05) is 5.32 Å². The highest BCUT2D eigenvalue weighted by molar-refractivity contribution is 6.03. The quantitative estimate of drug-likeness (QED) is 0.758. The lowest BCUT2D eigenvalue weighted by atomic mass is 9.90. The van der Waals surface area contributed by atoms with E-state index < -0.39 is 0 Å². The Morgan fingerprint density at radius 1 is 1.00 bits per heavy atom. The summed E-state index contributed by atoms with van der Waals surface area (Å²) in [6, 6.07) is 12.0. The van der Waals surface area contributed by atoms with Crippen LogP contribution in [0, 0.1) is 13.8 Å². The topological polar surface area (TPSA) is 68.0 Å². The van der Waals surface area contributed by atoms with Crippen molar-refractivity contribution in [1.29, 1.82) is 0 Å². The fraction of sp³-hybridized carbons (Fsp3) is 0.286. The van der Waals surface area contributed by atoms with Crippen molar-refractivity contribution in [2.24, 2.45) is 0 Å². The minimum Gasteiger partial charge on any atom is -0.403 e. The largest absolute Gasteiger partial charge is 0.403 e. The second-order valence-electron chi connectivity index (χ2n) is 6.88. The van der Waals surface area contributed by atoms with Gasteiger partial charge in [0.1, 0.15) is 0 Å². The second kappa shape index (κ2) is 6.75. The van der Waals surface area contributed by atoms with E-state index in [0.29, 0.717) is 11.5 Å². The lowest BCUT2D eigenvalue weighted by Gasteiger charge is -2.16. The van der Waals surface area contributed by atoms with E-state index in [1.165, 1.54) is 29.5 Å². The molecule has 0 spiro atoms. The standard InChI is InChI=1S/C21H21N3O2/c1-13-7-10-18(14(2)11-13)20-23-24-21(26-20)22-19(25)17-9-8-15-5-3-4-6-16(15)12-17/h7-12H,3-6H2,1-2H3,(H,22,24,25). The SMILES string of the molecule is Cc1ccc(-c2nnc(NC(=O)c3ccc4c(c3)CCCC4)o2)c(C)c1. The molecule has 1 N–H and O–H groups in total. The maximum Gasteiger partial charge on any atom is 0.322 e. The molecule has 0 fully saturated rings. The number of aromatic nitrogens is 2. The molecule has 2 aromatic carbocycles. The summed E-state index contributed by atoms with van der Waals surface area (Å²) in [6.07, 6.45) is 4.54. The summed E-state index contributed by atoms with van der Waals surface area (Å²) in [4.78, 5) is 12.5. The Balaban J connectivity index is 1.53. The zero-order chi connectivity index (χ0) is 18.1. The van der Waals surface area contributed by atoms with E-state index in [0.717, 1.165) is 24.0 Å². The number of carbonyl (C=O) groups excluding carboxylic acids is 1. The van der Waals surface area contributed by atoms with Crippen LogP contribution in [0.2, 0.25) is 0 Å². The molecule has 1 heterocycles. The molecule has 0 saturated carbocycles. The van der Waals surface area contributed by atoms with Crippen LogP contribution in [-0.2, 0) is 12.8 Å². The Bertz CT molecular complexity index is 975. The Morgan fingerprint density at radius 2 is 1.81 bits per heavy atom. The van der Waals surface area contributed by atoms with Gasteiger partial charge in [-0.15, -0.1) is 5.10 Å². The van der Waals surface area contributed by atoms with Crippen LogP contribution in [0.1, 0.15) is 45.5 Å². The van der Waals surface area contributed by atoms with Crippen LogP contribution in [0.3, 0.4) is 0 Å². The molecular formula is C21H21N3O2. The zero-order valence-corrected chi connectivity index (χ0v) is 15.0. The van der Waals surface area contributed by atoms with Crippen molar-refractivity contribution in [3.63, 3.8) is 0 Å². The number of nitrogens with zero attached hydrogens (tertiary/aromatic N) is 2. The molecule has 26 heavy (non-hydrogen) atoms. The first kappa shape index (κ1) is 16.5. The molecular weight excluding hydrogens is 326 g/mol. The summed E-state index contributed by atoms with van der Waals surface area (Å²) in [6.45, 7) is 4.03. The van der Waals surface area contributed by atoms with Gasteiger partial charge < -0.3 is 4.42 Å². The van der Waals surface area contributed by atoms with Gasteiger partial charge in [-0.05, 0) is 74.4 Å². The third-order valence-electron chi connectivity index (χ3n) is 4.87. The number of carbonyl (C=O) groups is 1. The van der Waals surface area contributed by atoms with Gasteiger partial charge >= 0.3 is 6.01 Å². The summed E-state index contributed by atoms with van der Waals surface area (Å²) in [5.41, 5.74) is 6.34. The molecule has 1 aliphatic carbocycles. The molecule has 1 aliphatic rings. The van der Waals surface area contributed by atoms with Gasteiger partial charge in [0.15, 0.2) is 0 Å². The Hall–Kier alpha value is -2.95. The number of hydrogen-bond donors (Lipinski definition) is 1. The second-order valence-corrected chi connectivity index (χ2v) is 6.88. The van der Waals surface area contributed by atoms with Gasteiger partial charge in [-0.1, -0.05) is 28.9 Å². The average molecular weight is 347 g/mol. The summed E-state index contributed by atoms with van der Waals surface area (Å²) in [5.74, 6) is 0.178. The number of rotatable bonds is 3. The highest BCUT2D eigenvalue weighted by atomic mass is 16.4. The summed E-state index contributed by atoms with van der Waals surface area (Å²) in [7, 11) is 0. The molecule has 4 rings (SSSR count). The number of anilines is 1. The minimum atomic E-state index is -0.228. The van der Waals surface area contributed by atoms with Crippen molar-refractivity contribution >= 4 is 11.9 Å². The third-order valence-corrected chi connectivity index (χ3v) is 4.87. The summed E-state index contributed by atoms with van der Waals surface area (Å²) >= 11 is 0. The van der Waals surface area contributed by atoms with E-state index in [-0.39, 0.29) is 11.9 Å². The van der Waals surface area contributed by atoms with Gasteiger partial charge in [-0.25, -0.2) is 0 Å². The van der Waals surface area contributed by atoms with Crippen LogP contribution in [-0.4, -0.2) is 16.1 Å². The van der Waals surface area contributed by atoms with Crippen molar-refractivity contribution in [1.82, 2.24) is 10.2 Å². The van der Waals surface area contributed by atoms with Gasteiger partial charge in [-0.2, -0.15) is 0 Å². The predicted molar refractivity (Wildman–Crippen MR) is 100 cm³/mol. The fourth-order valence-electron chi connectivity index (χ4n) is 3.48. The van der Waals surface area contributed by atoms with E-state index in [4.69, 9.17) is 4.42 Å². The van der Waals surface area contributed by atoms with E-state index in [1.807, 2.05) is 38.1 Å². The molecule has 132 valence electrons. The van der Waals surface area contributed by atoms with Gasteiger partial charge in [0.2, 0.25) is 5.89 Å². The fourth-order valence-corrected chi connectivity index (χ4v) is 3.48. The van der Waals surface area contributed by atoms with E-state index >= 15 is 0 Å². The molecule has 1 amide bonds. The van der Waals surface area contributed by atoms with E-state index in [1.54, 1.807) is 0 Å². The lowest BCUT2D eigenvalue weighted by molar-refractivity contribution is 0.102. The lowest BCUT2D eigenvalue weighted by Crippen LogP contribution is -2.13. The monoisotopic (exact) mass is 347 g/mol. The summed E-state index contributed by atoms with van der Waals surface area (Å²) < 4.78 is 5.64. The number of benzene rings is 2. The first-order valence-electron chi connectivity index (χ1n) is 8.94. The third kappa shape index (κ3) is 3.25. The highest BCUT2D eigenvalue weighted by Gasteiger charge is 2.16. The van der Waals surface area contributed by atoms with Crippen LogP contribution in [0.5, 0.6) is 0 Å². The van der Waals surface area contributed by atoms with Crippen molar-refractivity contribution in [3.8, 4) is 11.5 Å². The predicted octanol–water partition coefficient (Wildman–Crippen LogP) is 4.48. The van der Waals surface area contributed by atoms with Crippen LogP contribution in [0.15, 0.2) is 40.8 Å². The molecule has 1 aromatic heterocycles. The number of nitrogens with one attached hydrogen (secondary N) is 1. The first-order chi connectivity index (χ1) is 12.6. The summed E-state index contributed by atoms with van der Waals surface area (Å²) in [5, 5.41) is 10.7. The van der Waals surface area contributed by atoms with Crippen LogP contribution < -0.4 is 5.32 Å². The van der Waals surface area contributed by atoms with Gasteiger partial charge in [0.25, 0.3) is 5.91 Å². The molecule has 5 heteroatoms. The number of aryl methyl sites for hydroxylation is 4. The maximum absolute atomic E-state index is 12.5. The molecule has 0 radical (unpaired) electrons. The Labute approximate surface area is 152 Å². The molecule has 0 unspecified atom stereocenters. The molecule has 3 aromatic rings. The van der Waals surface area contributed by atoms with Crippen LogP contribution >= 0.6 is 0 Å². The van der Waals surface area contributed by atoms with Crippen molar-refractivity contribution in [2.45, 2.75) is 39.5 Å². The first-order valence-corrected chi connectivity index (χ1v) is 8.94. The number of fused-ring (bicyclic) bond motifs is 1. The smallest absolute Gasteiger partial charge is 0.322 e.